The van der Waals surface area contributed by atoms with Gasteiger partial charge in [-0.25, -0.2) is 9.97 Å². The van der Waals surface area contributed by atoms with Gasteiger partial charge in [0.05, 0.1) is 53.5 Å². The van der Waals surface area contributed by atoms with Gasteiger partial charge in [0.25, 0.3) is 0 Å². The van der Waals surface area contributed by atoms with Gasteiger partial charge < -0.3 is 39.7 Å². The molecule has 4 fully saturated rings. The van der Waals surface area contributed by atoms with Crippen LogP contribution < -0.4 is 30.2 Å². The minimum atomic E-state index is -1.09. The second-order valence-corrected chi connectivity index (χ2v) is 22.5. The summed E-state index contributed by atoms with van der Waals surface area (Å²) in [6.07, 6.45) is 1.71. The van der Waals surface area contributed by atoms with Crippen LogP contribution in [0.4, 0.5) is 46.3 Å². The SMILES string of the molecule is Clc1ccc(N2CCN(c3nc4c(c(Nc5cccc(CN6CCOCC6)c5)n3)SCC4)CC2)cc1.O=S1CCc2nc(N3CCN(c4ccc(Cl)cc4)CC3)nc(Nc3cccc(CN4CCOCC4)c3)c21. The summed E-state index contributed by atoms with van der Waals surface area (Å²) >= 11 is 14.0. The van der Waals surface area contributed by atoms with E-state index in [0.29, 0.717) is 23.9 Å². The highest BCUT2D eigenvalue weighted by atomic mass is 35.5. The van der Waals surface area contributed by atoms with Crippen LogP contribution in [-0.2, 0) is 46.2 Å². The van der Waals surface area contributed by atoms with Crippen LogP contribution in [0.1, 0.15) is 22.5 Å². The van der Waals surface area contributed by atoms with Gasteiger partial charge in [-0.3, -0.25) is 14.0 Å². The zero-order valence-electron chi connectivity index (χ0n) is 41.1. The summed E-state index contributed by atoms with van der Waals surface area (Å²) in [5, 5.41) is 8.65. The van der Waals surface area contributed by atoms with Crippen molar-refractivity contribution < 1.29 is 13.7 Å². The second-order valence-electron chi connectivity index (χ2n) is 19.0. The van der Waals surface area contributed by atoms with Gasteiger partial charge in [0.15, 0.2) is 5.82 Å². The van der Waals surface area contributed by atoms with Crippen LogP contribution in [-0.4, -0.2) is 150 Å². The van der Waals surface area contributed by atoms with Gasteiger partial charge in [-0.05, 0) is 83.9 Å². The average Bonchev–Trinajstić information content (AvgIpc) is 4.07. The minimum absolute atomic E-state index is 0.601. The summed E-state index contributed by atoms with van der Waals surface area (Å²) in [5.74, 6) is 4.80. The predicted molar refractivity (Wildman–Crippen MR) is 297 cm³/mol. The number of benzene rings is 4. The quantitative estimate of drug-likeness (QED) is 0.122. The molecule has 6 aromatic rings. The van der Waals surface area contributed by atoms with Crippen molar-refractivity contribution in [3.05, 3.63) is 130 Å². The highest BCUT2D eigenvalue weighted by Crippen LogP contribution is 2.39. The third-order valence-electron chi connectivity index (χ3n) is 14.1. The number of nitrogens with zero attached hydrogens (tertiary/aromatic N) is 10. The number of aryl methyl sites for hydroxylation is 2. The molecule has 2 N–H and O–H groups in total. The molecule has 0 saturated carbocycles. The van der Waals surface area contributed by atoms with Crippen molar-refractivity contribution in [1.82, 2.24) is 29.7 Å². The average molecular weight is 1060 g/mol. The molecule has 15 nitrogen and oxygen atoms in total. The first-order valence-corrected chi connectivity index (χ1v) is 28.6. The molecule has 12 rings (SSSR count). The molecule has 0 bridgehead atoms. The highest BCUT2D eigenvalue weighted by molar-refractivity contribution is 7.99. The standard InChI is InChI=1S/C27H31ClN6O2S.C27H31ClN6OS/c28-21-4-6-23(7-5-21)33-9-11-34(12-10-33)27-30-24-8-17-37(35)25(24)26(31-27)29-22-3-1-2-20(18-22)19-32-13-15-36-16-14-32;28-21-4-6-23(7-5-21)33-9-11-34(12-10-33)27-30-24-8-17-36-25(24)26(31-27)29-22-3-1-2-20(18-22)19-32-13-15-35-16-14-32/h1-7,18H,8-17,19H2,(H,29,30,31);1-7,18H,8-17,19H2,(H,29,30,31). The monoisotopic (exact) mass is 1060 g/mol. The minimum Gasteiger partial charge on any atom is -0.379 e. The van der Waals surface area contributed by atoms with Crippen molar-refractivity contribution in [1.29, 1.82) is 0 Å². The van der Waals surface area contributed by atoms with Gasteiger partial charge in [-0.15, -0.1) is 11.8 Å². The number of rotatable bonds is 12. The third kappa shape index (κ3) is 12.5. The Morgan fingerprint density at radius 1 is 0.534 bits per heavy atom. The molecule has 0 aliphatic carbocycles. The number of hydrogen-bond donors (Lipinski definition) is 2. The van der Waals surface area contributed by atoms with E-state index in [9.17, 15) is 4.21 Å². The van der Waals surface area contributed by atoms with Gasteiger partial charge in [-0.1, -0.05) is 47.5 Å². The first kappa shape index (κ1) is 49.9. The molecule has 6 aliphatic rings. The Balaban J connectivity index is 0.000000157. The van der Waals surface area contributed by atoms with Crippen LogP contribution in [0.25, 0.3) is 0 Å². The Kier molecular flexibility index (Phi) is 16.1. The first-order chi connectivity index (χ1) is 35.8. The number of morpholine rings is 2. The number of aromatic nitrogens is 4. The smallest absolute Gasteiger partial charge is 0.227 e. The molecule has 8 heterocycles. The van der Waals surface area contributed by atoms with E-state index in [1.807, 2.05) is 42.1 Å². The van der Waals surface area contributed by atoms with Crippen LogP contribution >= 0.6 is 35.0 Å². The van der Waals surface area contributed by atoms with E-state index in [4.69, 9.17) is 52.6 Å². The molecule has 73 heavy (non-hydrogen) atoms. The predicted octanol–water partition coefficient (Wildman–Crippen LogP) is 8.38. The van der Waals surface area contributed by atoms with E-state index in [0.717, 1.165) is 180 Å². The van der Waals surface area contributed by atoms with Crippen LogP contribution in [0.3, 0.4) is 0 Å². The lowest BCUT2D eigenvalue weighted by Crippen LogP contribution is -2.47. The van der Waals surface area contributed by atoms with E-state index >= 15 is 0 Å². The van der Waals surface area contributed by atoms with Crippen LogP contribution in [0.2, 0.25) is 10.0 Å². The van der Waals surface area contributed by atoms with E-state index in [2.05, 4.69) is 107 Å². The van der Waals surface area contributed by atoms with Gasteiger partial charge in [-0.2, -0.15) is 9.97 Å². The number of anilines is 8. The van der Waals surface area contributed by atoms with E-state index in [-0.39, 0.29) is 0 Å². The Hall–Kier alpha value is -5.24. The molecule has 382 valence electrons. The number of hydrogen-bond acceptors (Lipinski definition) is 16. The second kappa shape index (κ2) is 23.5. The van der Waals surface area contributed by atoms with Gasteiger partial charge >= 0.3 is 0 Å². The van der Waals surface area contributed by atoms with Crippen LogP contribution in [0.5, 0.6) is 0 Å². The topological polar surface area (TPSA) is 131 Å². The zero-order chi connectivity index (χ0) is 49.5. The summed E-state index contributed by atoms with van der Waals surface area (Å²) in [6.45, 7) is 15.9. The molecule has 4 aromatic carbocycles. The van der Waals surface area contributed by atoms with Crippen molar-refractivity contribution in [2.24, 2.45) is 0 Å². The number of fused-ring (bicyclic) bond motifs is 2. The number of piperazine rings is 2. The lowest BCUT2D eigenvalue weighted by Gasteiger charge is -2.36. The molecule has 19 heteroatoms. The molecule has 1 atom stereocenters. The van der Waals surface area contributed by atoms with Crippen molar-refractivity contribution >= 4 is 92.0 Å². The van der Waals surface area contributed by atoms with Crippen molar-refractivity contribution in [3.8, 4) is 0 Å². The molecule has 0 radical (unpaired) electrons. The first-order valence-electron chi connectivity index (χ1n) is 25.5. The van der Waals surface area contributed by atoms with Crippen molar-refractivity contribution in [2.45, 2.75) is 35.7 Å². The number of thioether (sulfide) groups is 1. The Labute approximate surface area is 445 Å². The maximum atomic E-state index is 12.9. The van der Waals surface area contributed by atoms with E-state index in [1.165, 1.54) is 27.4 Å². The fourth-order valence-corrected chi connectivity index (χ4v) is 12.7. The molecular weight excluding hydrogens is 1000 g/mol. The third-order valence-corrected chi connectivity index (χ3v) is 17.2. The fraction of sp³-hybridized carbons (Fsp3) is 0.407. The maximum Gasteiger partial charge on any atom is 0.227 e. The molecule has 6 aliphatic heterocycles. The lowest BCUT2D eigenvalue weighted by atomic mass is 10.2. The van der Waals surface area contributed by atoms with Gasteiger partial charge in [0.2, 0.25) is 11.9 Å². The molecular formula is C54H62Cl2N12O3S2. The van der Waals surface area contributed by atoms with Crippen molar-refractivity contribution in [2.75, 3.05) is 147 Å². The Morgan fingerprint density at radius 2 is 1.00 bits per heavy atom. The largest absolute Gasteiger partial charge is 0.379 e. The number of nitrogens with one attached hydrogen (secondary N) is 2. The molecule has 1 unspecified atom stereocenters. The Morgan fingerprint density at radius 3 is 1.52 bits per heavy atom. The summed E-state index contributed by atoms with van der Waals surface area (Å²) < 4.78 is 23.8. The normalized spacial score (nSPS) is 19.3. The molecule has 4 saturated heterocycles. The van der Waals surface area contributed by atoms with Crippen LogP contribution in [0.15, 0.2) is 107 Å². The zero-order valence-corrected chi connectivity index (χ0v) is 44.2. The summed E-state index contributed by atoms with van der Waals surface area (Å²) in [4.78, 5) is 35.9. The summed E-state index contributed by atoms with van der Waals surface area (Å²) in [6, 6.07) is 33.2. The maximum absolute atomic E-state index is 12.9. The number of halogens is 2. The van der Waals surface area contributed by atoms with Crippen molar-refractivity contribution in [3.63, 3.8) is 0 Å². The molecule has 0 spiro atoms. The molecule has 2 aromatic heterocycles. The summed E-state index contributed by atoms with van der Waals surface area (Å²) in [5.41, 5.74) is 9.02. The van der Waals surface area contributed by atoms with Gasteiger partial charge in [0.1, 0.15) is 10.7 Å². The van der Waals surface area contributed by atoms with Crippen LogP contribution in [0, 0.1) is 0 Å². The van der Waals surface area contributed by atoms with E-state index in [1.54, 1.807) is 0 Å². The number of ether oxygens (including phenoxy) is 2. The highest BCUT2D eigenvalue weighted by Gasteiger charge is 2.30. The summed E-state index contributed by atoms with van der Waals surface area (Å²) in [7, 11) is -1.09. The van der Waals surface area contributed by atoms with Gasteiger partial charge in [0, 0.05) is 149 Å². The fourth-order valence-electron chi connectivity index (χ4n) is 10.1. The Bertz CT molecular complexity index is 2860. The van der Waals surface area contributed by atoms with E-state index < -0.39 is 10.8 Å². The lowest BCUT2D eigenvalue weighted by molar-refractivity contribution is 0.0341. The molecule has 0 amide bonds.